The van der Waals surface area contributed by atoms with Crippen molar-refractivity contribution in [1.82, 2.24) is 15.0 Å². The normalized spacial score (nSPS) is 10.7. The van der Waals surface area contributed by atoms with Gasteiger partial charge in [0.25, 0.3) is 5.91 Å². The highest BCUT2D eigenvalue weighted by atomic mass is 79.9. The highest BCUT2D eigenvalue weighted by molar-refractivity contribution is 9.10. The van der Waals surface area contributed by atoms with Crippen LogP contribution in [0.2, 0.25) is 5.02 Å². The van der Waals surface area contributed by atoms with Crippen molar-refractivity contribution in [3.8, 4) is 0 Å². The fourth-order valence-corrected chi connectivity index (χ4v) is 2.71. The van der Waals surface area contributed by atoms with Gasteiger partial charge in [0.2, 0.25) is 0 Å². The molecule has 0 aliphatic heterocycles. The number of rotatable bonds is 4. The number of anilines is 2. The standard InChI is InChI=1S/C17H15BrClN5O/c1-10-2-7-13(19)8-14(10)21-17(25)15-16(20)24(23-22-15)9-11-3-5-12(18)6-4-11/h2-8H,9,20H2,1H3,(H,21,25). The number of carbonyl (C=O) groups excluding carboxylic acids is 1. The zero-order valence-corrected chi connectivity index (χ0v) is 15.7. The van der Waals surface area contributed by atoms with Gasteiger partial charge in [-0.1, -0.05) is 50.9 Å². The fourth-order valence-electron chi connectivity index (χ4n) is 2.27. The van der Waals surface area contributed by atoms with Crippen LogP contribution in [-0.4, -0.2) is 20.9 Å². The van der Waals surface area contributed by atoms with Gasteiger partial charge in [0.1, 0.15) is 0 Å². The smallest absolute Gasteiger partial charge is 0.280 e. The quantitative estimate of drug-likeness (QED) is 0.670. The molecule has 3 rings (SSSR count). The topological polar surface area (TPSA) is 85.8 Å². The van der Waals surface area contributed by atoms with Crippen LogP contribution in [0.1, 0.15) is 21.6 Å². The minimum Gasteiger partial charge on any atom is -0.382 e. The van der Waals surface area contributed by atoms with E-state index in [-0.39, 0.29) is 11.5 Å². The summed E-state index contributed by atoms with van der Waals surface area (Å²) in [5.74, 6) is -0.218. The van der Waals surface area contributed by atoms with Crippen LogP contribution in [0.4, 0.5) is 11.5 Å². The van der Waals surface area contributed by atoms with E-state index in [0.29, 0.717) is 17.3 Å². The van der Waals surface area contributed by atoms with E-state index in [1.807, 2.05) is 37.3 Å². The maximum Gasteiger partial charge on any atom is 0.280 e. The summed E-state index contributed by atoms with van der Waals surface area (Å²) in [5.41, 5.74) is 8.62. The fraction of sp³-hybridized carbons (Fsp3) is 0.118. The molecule has 0 saturated carbocycles. The van der Waals surface area contributed by atoms with Crippen LogP contribution in [0, 0.1) is 6.92 Å². The van der Waals surface area contributed by atoms with Crippen LogP contribution in [0.25, 0.3) is 0 Å². The molecule has 1 aromatic heterocycles. The van der Waals surface area contributed by atoms with Crippen LogP contribution in [0.5, 0.6) is 0 Å². The third-order valence-corrected chi connectivity index (χ3v) is 4.45. The van der Waals surface area contributed by atoms with Gasteiger partial charge in [0.15, 0.2) is 11.5 Å². The monoisotopic (exact) mass is 419 g/mol. The number of hydrogen-bond donors (Lipinski definition) is 2. The molecule has 8 heteroatoms. The van der Waals surface area contributed by atoms with Crippen LogP contribution >= 0.6 is 27.5 Å². The summed E-state index contributed by atoms with van der Waals surface area (Å²) in [5, 5.41) is 11.2. The average Bonchev–Trinajstić information content (AvgIpc) is 2.94. The van der Waals surface area contributed by atoms with Gasteiger partial charge >= 0.3 is 0 Å². The Morgan fingerprint density at radius 3 is 2.72 bits per heavy atom. The number of nitrogens with zero attached hydrogens (tertiary/aromatic N) is 3. The molecule has 0 unspecified atom stereocenters. The van der Waals surface area contributed by atoms with Gasteiger partial charge in [0, 0.05) is 15.2 Å². The lowest BCUT2D eigenvalue weighted by Crippen LogP contribution is -2.16. The SMILES string of the molecule is Cc1ccc(Cl)cc1NC(=O)c1nnn(Cc2ccc(Br)cc2)c1N. The van der Waals surface area contributed by atoms with E-state index in [2.05, 4.69) is 31.6 Å². The number of halogens is 2. The lowest BCUT2D eigenvalue weighted by atomic mass is 10.2. The van der Waals surface area contributed by atoms with E-state index in [1.54, 1.807) is 12.1 Å². The molecule has 3 aromatic rings. The second kappa shape index (κ2) is 7.25. The van der Waals surface area contributed by atoms with Crippen molar-refractivity contribution in [3.05, 3.63) is 68.8 Å². The average molecular weight is 421 g/mol. The molecular formula is C17H15BrClN5O. The molecule has 0 spiro atoms. The molecule has 0 atom stereocenters. The van der Waals surface area contributed by atoms with E-state index < -0.39 is 5.91 Å². The Kier molecular flexibility index (Phi) is 5.06. The lowest BCUT2D eigenvalue weighted by Gasteiger charge is -2.08. The molecule has 0 aliphatic rings. The van der Waals surface area contributed by atoms with E-state index >= 15 is 0 Å². The number of nitrogen functional groups attached to an aromatic ring is 1. The third kappa shape index (κ3) is 4.00. The second-order valence-electron chi connectivity index (χ2n) is 5.52. The van der Waals surface area contributed by atoms with Gasteiger partial charge in [-0.2, -0.15) is 0 Å². The molecule has 128 valence electrons. The van der Waals surface area contributed by atoms with E-state index in [1.165, 1.54) is 4.68 Å². The van der Waals surface area contributed by atoms with Crippen molar-refractivity contribution in [3.63, 3.8) is 0 Å². The number of nitrogens with one attached hydrogen (secondary N) is 1. The van der Waals surface area contributed by atoms with Gasteiger partial charge in [-0.15, -0.1) is 5.10 Å². The first-order valence-electron chi connectivity index (χ1n) is 7.45. The van der Waals surface area contributed by atoms with Gasteiger partial charge in [-0.05, 0) is 42.3 Å². The number of carbonyl (C=O) groups is 1. The summed E-state index contributed by atoms with van der Waals surface area (Å²) in [4.78, 5) is 12.5. The number of amides is 1. The predicted molar refractivity (Wildman–Crippen MR) is 102 cm³/mol. The Balaban J connectivity index is 1.79. The first kappa shape index (κ1) is 17.4. The predicted octanol–water partition coefficient (Wildman–Crippen LogP) is 3.89. The highest BCUT2D eigenvalue weighted by Crippen LogP contribution is 2.21. The zero-order chi connectivity index (χ0) is 18.0. The molecular weight excluding hydrogens is 406 g/mol. The Labute approximate surface area is 158 Å². The summed E-state index contributed by atoms with van der Waals surface area (Å²) in [6.07, 6.45) is 0. The maximum absolute atomic E-state index is 12.5. The molecule has 0 bridgehead atoms. The lowest BCUT2D eigenvalue weighted by molar-refractivity contribution is 0.102. The Morgan fingerprint density at radius 1 is 1.28 bits per heavy atom. The van der Waals surface area contributed by atoms with E-state index in [0.717, 1.165) is 15.6 Å². The molecule has 3 N–H and O–H groups in total. The minimum atomic E-state index is -0.426. The summed E-state index contributed by atoms with van der Waals surface area (Å²) in [6.45, 7) is 2.30. The van der Waals surface area contributed by atoms with Crippen LogP contribution in [-0.2, 0) is 6.54 Å². The third-order valence-electron chi connectivity index (χ3n) is 3.68. The largest absolute Gasteiger partial charge is 0.382 e. The number of nitrogens with two attached hydrogens (primary N) is 1. The number of benzene rings is 2. The van der Waals surface area contributed by atoms with Gasteiger partial charge in [0.05, 0.1) is 6.54 Å². The summed E-state index contributed by atoms with van der Waals surface area (Å²) in [6, 6.07) is 13.0. The van der Waals surface area contributed by atoms with Gasteiger partial charge < -0.3 is 11.1 Å². The van der Waals surface area contributed by atoms with Gasteiger partial charge in [-0.3, -0.25) is 4.79 Å². The van der Waals surface area contributed by atoms with E-state index in [4.69, 9.17) is 17.3 Å². The zero-order valence-electron chi connectivity index (χ0n) is 13.3. The van der Waals surface area contributed by atoms with Crippen molar-refractivity contribution in [2.45, 2.75) is 13.5 Å². The van der Waals surface area contributed by atoms with Crippen molar-refractivity contribution in [2.24, 2.45) is 0 Å². The van der Waals surface area contributed by atoms with Crippen molar-refractivity contribution >= 4 is 44.9 Å². The molecule has 1 heterocycles. The maximum atomic E-state index is 12.5. The second-order valence-corrected chi connectivity index (χ2v) is 6.87. The molecule has 0 saturated heterocycles. The Hall–Kier alpha value is -2.38. The molecule has 0 radical (unpaired) electrons. The summed E-state index contributed by atoms with van der Waals surface area (Å²) < 4.78 is 2.47. The van der Waals surface area contributed by atoms with Gasteiger partial charge in [-0.25, -0.2) is 4.68 Å². The Morgan fingerprint density at radius 2 is 2.00 bits per heavy atom. The van der Waals surface area contributed by atoms with Crippen molar-refractivity contribution in [2.75, 3.05) is 11.1 Å². The van der Waals surface area contributed by atoms with Crippen LogP contribution in [0.15, 0.2) is 46.9 Å². The summed E-state index contributed by atoms with van der Waals surface area (Å²) >= 11 is 9.36. The number of aryl methyl sites for hydroxylation is 1. The molecule has 1 amide bonds. The summed E-state index contributed by atoms with van der Waals surface area (Å²) in [7, 11) is 0. The van der Waals surface area contributed by atoms with E-state index in [9.17, 15) is 4.79 Å². The molecule has 6 nitrogen and oxygen atoms in total. The van der Waals surface area contributed by atoms with Crippen molar-refractivity contribution < 1.29 is 4.79 Å². The minimum absolute atomic E-state index is 0.0801. The van der Waals surface area contributed by atoms with Crippen LogP contribution in [0.3, 0.4) is 0 Å². The number of aromatic nitrogens is 3. The highest BCUT2D eigenvalue weighted by Gasteiger charge is 2.18. The molecule has 25 heavy (non-hydrogen) atoms. The first-order chi connectivity index (χ1) is 11.9. The molecule has 0 aliphatic carbocycles. The number of hydrogen-bond acceptors (Lipinski definition) is 4. The van der Waals surface area contributed by atoms with Crippen LogP contribution < -0.4 is 11.1 Å². The Bertz CT molecular complexity index is 923. The molecule has 0 fully saturated rings. The van der Waals surface area contributed by atoms with Crippen molar-refractivity contribution in [1.29, 1.82) is 0 Å². The molecule has 2 aromatic carbocycles. The first-order valence-corrected chi connectivity index (χ1v) is 8.62.